The van der Waals surface area contributed by atoms with Gasteiger partial charge < -0.3 is 14.6 Å². The molecule has 0 atom stereocenters. The molecule has 4 aromatic rings. The van der Waals surface area contributed by atoms with Crippen molar-refractivity contribution in [1.29, 1.82) is 0 Å². The van der Waals surface area contributed by atoms with E-state index in [1.807, 2.05) is 0 Å². The molecule has 3 aromatic carbocycles. The first-order valence-electron chi connectivity index (χ1n) is 10.6. The molecule has 2 N–H and O–H groups in total. The molecule has 0 aliphatic heterocycles. The molecule has 5 nitrogen and oxygen atoms in total. The molecule has 4 rings (SSSR count). The standard InChI is InChI=1S/C25H16F6N2O3S2/c1-36-20-11-16(23(34)35)7-9-19(20)33-38-21-12-32-22(37-21)14-4-2-13(3-5-14)15-6-8-17(24(26,27)28)18(10-15)25(29,30)31/h2-12,33H,1H3,(H,34,35). The van der Waals surface area contributed by atoms with Crippen molar-refractivity contribution in [3.05, 3.63) is 83.6 Å². The van der Waals surface area contributed by atoms with Crippen LogP contribution in [0.2, 0.25) is 0 Å². The highest BCUT2D eigenvalue weighted by atomic mass is 32.2. The quantitative estimate of drug-likeness (QED) is 0.172. The molecule has 0 bridgehead atoms. The third-order valence-corrected chi connectivity index (χ3v) is 7.26. The number of halogens is 6. The Morgan fingerprint density at radius 1 is 0.895 bits per heavy atom. The molecule has 38 heavy (non-hydrogen) atoms. The van der Waals surface area contributed by atoms with Crippen molar-refractivity contribution in [3.63, 3.8) is 0 Å². The molecule has 198 valence electrons. The lowest BCUT2D eigenvalue weighted by molar-refractivity contribution is -0.162. The predicted octanol–water partition coefficient (Wildman–Crippen LogP) is 8.34. The van der Waals surface area contributed by atoms with Crippen molar-refractivity contribution in [3.8, 4) is 27.4 Å². The van der Waals surface area contributed by atoms with Gasteiger partial charge in [0.05, 0.1) is 35.7 Å². The molecule has 0 spiro atoms. The van der Waals surface area contributed by atoms with Gasteiger partial charge in [0.25, 0.3) is 0 Å². The number of carboxylic acids is 1. The molecule has 0 saturated carbocycles. The highest BCUT2D eigenvalue weighted by molar-refractivity contribution is 8.02. The second kappa shape index (κ2) is 10.6. The molecule has 0 amide bonds. The topological polar surface area (TPSA) is 71.5 Å². The van der Waals surface area contributed by atoms with Crippen molar-refractivity contribution in [1.82, 2.24) is 4.98 Å². The summed E-state index contributed by atoms with van der Waals surface area (Å²) in [7, 11) is 1.42. The summed E-state index contributed by atoms with van der Waals surface area (Å²) in [5.74, 6) is -0.741. The number of thiazole rings is 1. The van der Waals surface area contributed by atoms with Crippen molar-refractivity contribution >= 4 is 34.9 Å². The molecule has 0 saturated heterocycles. The van der Waals surface area contributed by atoms with Crippen molar-refractivity contribution in [2.45, 2.75) is 16.6 Å². The van der Waals surface area contributed by atoms with E-state index in [9.17, 15) is 31.1 Å². The maximum atomic E-state index is 13.3. The van der Waals surface area contributed by atoms with Crippen LogP contribution in [0.1, 0.15) is 21.5 Å². The number of aromatic nitrogens is 1. The van der Waals surface area contributed by atoms with Crippen LogP contribution in [-0.2, 0) is 12.4 Å². The van der Waals surface area contributed by atoms with E-state index in [1.54, 1.807) is 24.4 Å². The lowest BCUT2D eigenvalue weighted by atomic mass is 9.98. The second-order valence-corrected chi connectivity index (χ2v) is 9.88. The first-order valence-corrected chi connectivity index (χ1v) is 12.2. The van der Waals surface area contributed by atoms with Crippen LogP contribution >= 0.6 is 23.3 Å². The molecule has 0 aliphatic rings. The zero-order chi connectivity index (χ0) is 27.7. The Balaban J connectivity index is 1.51. The summed E-state index contributed by atoms with van der Waals surface area (Å²) >= 11 is 2.54. The van der Waals surface area contributed by atoms with Crippen LogP contribution in [0, 0.1) is 0 Å². The molecule has 0 aliphatic carbocycles. The van der Waals surface area contributed by atoms with Crippen LogP contribution in [0.5, 0.6) is 5.75 Å². The largest absolute Gasteiger partial charge is 0.495 e. The summed E-state index contributed by atoms with van der Waals surface area (Å²) in [6.07, 6.45) is -8.68. The minimum atomic E-state index is -5.16. The number of aromatic carboxylic acids is 1. The summed E-state index contributed by atoms with van der Waals surface area (Å²) in [6.45, 7) is 0. The molecule has 1 aromatic heterocycles. The third kappa shape index (κ3) is 6.05. The van der Waals surface area contributed by atoms with Crippen LogP contribution in [0.4, 0.5) is 32.0 Å². The number of ether oxygens (including phenoxy) is 1. The molecule has 1 heterocycles. The zero-order valence-corrected chi connectivity index (χ0v) is 20.8. The van der Waals surface area contributed by atoms with Crippen LogP contribution in [0.3, 0.4) is 0 Å². The van der Waals surface area contributed by atoms with Crippen molar-refractivity contribution in [2.24, 2.45) is 0 Å². The molecule has 13 heteroatoms. The van der Waals surface area contributed by atoms with E-state index in [0.717, 1.165) is 10.3 Å². The first kappa shape index (κ1) is 27.3. The zero-order valence-electron chi connectivity index (χ0n) is 19.1. The summed E-state index contributed by atoms with van der Waals surface area (Å²) in [4.78, 5) is 15.5. The minimum absolute atomic E-state index is 0.000628. The van der Waals surface area contributed by atoms with Gasteiger partial charge in [-0.3, -0.25) is 0 Å². The van der Waals surface area contributed by atoms with Crippen LogP contribution in [0.25, 0.3) is 21.7 Å². The number of hydrogen-bond acceptors (Lipinski definition) is 6. The van der Waals surface area contributed by atoms with E-state index in [-0.39, 0.29) is 11.1 Å². The van der Waals surface area contributed by atoms with Gasteiger partial charge in [0, 0.05) is 5.56 Å². The lowest BCUT2D eigenvalue weighted by Crippen LogP contribution is -2.16. The molecule has 0 unspecified atom stereocenters. The summed E-state index contributed by atoms with van der Waals surface area (Å²) in [6, 6.07) is 12.6. The van der Waals surface area contributed by atoms with Gasteiger partial charge in [-0.05, 0) is 53.4 Å². The Kier molecular flexibility index (Phi) is 7.61. The van der Waals surface area contributed by atoms with E-state index in [0.29, 0.717) is 39.7 Å². The number of carbonyl (C=O) groups is 1. The predicted molar refractivity (Wildman–Crippen MR) is 132 cm³/mol. The second-order valence-electron chi connectivity index (χ2n) is 7.74. The van der Waals surface area contributed by atoms with E-state index in [1.165, 1.54) is 54.7 Å². The Hall–Kier alpha value is -3.71. The van der Waals surface area contributed by atoms with Gasteiger partial charge in [0.1, 0.15) is 15.0 Å². The van der Waals surface area contributed by atoms with Crippen LogP contribution in [-0.4, -0.2) is 23.2 Å². The average molecular weight is 571 g/mol. The Morgan fingerprint density at radius 3 is 2.13 bits per heavy atom. The van der Waals surface area contributed by atoms with Gasteiger partial charge in [-0.2, -0.15) is 26.3 Å². The van der Waals surface area contributed by atoms with Crippen LogP contribution in [0.15, 0.2) is 71.1 Å². The number of rotatable bonds is 7. The number of benzene rings is 3. The molecular formula is C25H16F6N2O3S2. The number of nitrogens with one attached hydrogen (secondary N) is 1. The summed E-state index contributed by atoms with van der Waals surface area (Å²) < 4.78 is 88.0. The monoisotopic (exact) mass is 570 g/mol. The number of hydrogen-bond donors (Lipinski definition) is 2. The third-order valence-electron chi connectivity index (χ3n) is 5.29. The van der Waals surface area contributed by atoms with E-state index in [4.69, 9.17) is 9.84 Å². The Labute approximate surface area is 220 Å². The number of nitrogens with zero attached hydrogens (tertiary/aromatic N) is 1. The number of carboxylic acid groups (broad SMARTS) is 1. The van der Waals surface area contributed by atoms with Gasteiger partial charge in [0.2, 0.25) is 0 Å². The molecule has 0 fully saturated rings. The average Bonchev–Trinajstić information content (AvgIpc) is 3.35. The normalized spacial score (nSPS) is 11.9. The number of methoxy groups -OCH3 is 1. The lowest BCUT2D eigenvalue weighted by Gasteiger charge is -2.16. The maximum absolute atomic E-state index is 13.3. The fourth-order valence-corrected chi connectivity index (χ4v) is 5.13. The van der Waals surface area contributed by atoms with Gasteiger partial charge in [-0.15, -0.1) is 11.3 Å². The highest BCUT2D eigenvalue weighted by Gasteiger charge is 2.43. The number of alkyl halides is 6. The molecule has 0 radical (unpaired) electrons. The van der Waals surface area contributed by atoms with E-state index in [2.05, 4.69) is 9.71 Å². The Bertz CT molecular complexity index is 1470. The fraction of sp³-hybridized carbons (Fsp3) is 0.120. The van der Waals surface area contributed by atoms with E-state index >= 15 is 0 Å². The summed E-state index contributed by atoms with van der Waals surface area (Å²) in [5, 5.41) is 9.72. The maximum Gasteiger partial charge on any atom is 0.417 e. The van der Waals surface area contributed by atoms with Crippen molar-refractivity contribution in [2.75, 3.05) is 11.8 Å². The minimum Gasteiger partial charge on any atom is -0.495 e. The summed E-state index contributed by atoms with van der Waals surface area (Å²) in [5.41, 5.74) is -1.87. The first-order chi connectivity index (χ1) is 17.9. The van der Waals surface area contributed by atoms with E-state index < -0.39 is 29.4 Å². The van der Waals surface area contributed by atoms with Gasteiger partial charge >= 0.3 is 18.3 Å². The Morgan fingerprint density at radius 2 is 1.53 bits per heavy atom. The van der Waals surface area contributed by atoms with Gasteiger partial charge in [0.15, 0.2) is 0 Å². The highest BCUT2D eigenvalue weighted by Crippen LogP contribution is 2.42. The number of anilines is 1. The smallest absolute Gasteiger partial charge is 0.417 e. The van der Waals surface area contributed by atoms with Crippen LogP contribution < -0.4 is 9.46 Å². The van der Waals surface area contributed by atoms with Gasteiger partial charge in [-0.25, -0.2) is 9.78 Å². The SMILES string of the molecule is COc1cc(C(=O)O)ccc1NSc1cnc(-c2ccc(-c3ccc(C(F)(F)F)c(C(F)(F)F)c3)cc2)s1. The van der Waals surface area contributed by atoms with Gasteiger partial charge in [-0.1, -0.05) is 30.3 Å². The fourth-order valence-electron chi connectivity index (χ4n) is 3.46. The molecular weight excluding hydrogens is 554 g/mol. The van der Waals surface area contributed by atoms with Crippen molar-refractivity contribution < 1.29 is 41.0 Å².